The van der Waals surface area contributed by atoms with Gasteiger partial charge in [0.1, 0.15) is 4.90 Å². The van der Waals surface area contributed by atoms with Crippen molar-refractivity contribution in [3.8, 4) is 0 Å². The number of carbonyl (C=O) groups excluding carboxylic acids is 1. The maximum Gasteiger partial charge on any atom is 0.263 e. The lowest BCUT2D eigenvalue weighted by Crippen LogP contribution is -2.29. The second-order valence-corrected chi connectivity index (χ2v) is 9.64. The van der Waals surface area contributed by atoms with Gasteiger partial charge < -0.3 is 10.6 Å². The van der Waals surface area contributed by atoms with Crippen LogP contribution in [0.1, 0.15) is 39.4 Å². The van der Waals surface area contributed by atoms with E-state index >= 15 is 0 Å². The molecule has 2 aromatic rings. The van der Waals surface area contributed by atoms with Crippen molar-refractivity contribution in [3.63, 3.8) is 0 Å². The summed E-state index contributed by atoms with van der Waals surface area (Å²) in [7, 11) is -3.78. The fraction of sp³-hybridized carbons (Fsp3) is 0.389. The monoisotopic (exact) mass is 393 g/mol. The molecule has 0 saturated carbocycles. The van der Waals surface area contributed by atoms with E-state index in [1.807, 2.05) is 13.0 Å². The molecule has 1 aromatic heterocycles. The van der Waals surface area contributed by atoms with Crippen LogP contribution in [0.5, 0.6) is 0 Å². The van der Waals surface area contributed by atoms with Crippen molar-refractivity contribution in [1.82, 2.24) is 0 Å². The molecule has 1 amide bonds. The molecule has 0 spiro atoms. The second-order valence-electron chi connectivity index (χ2n) is 6.52. The van der Waals surface area contributed by atoms with Gasteiger partial charge in [-0.05, 0) is 57.4 Å². The highest BCUT2D eigenvalue weighted by Gasteiger charge is 2.22. The zero-order chi connectivity index (χ0) is 18.9. The highest BCUT2D eigenvalue weighted by molar-refractivity contribution is 7.93. The summed E-state index contributed by atoms with van der Waals surface area (Å²) in [5.74, 6) is -0.653. The molecule has 1 aromatic carbocycles. The molecule has 6 nitrogen and oxygen atoms in total. The van der Waals surface area contributed by atoms with E-state index in [-0.39, 0.29) is 16.1 Å². The number of benzene rings is 1. The number of hydrogen-bond acceptors (Lipinski definition) is 5. The van der Waals surface area contributed by atoms with E-state index in [9.17, 15) is 13.2 Å². The predicted octanol–water partition coefficient (Wildman–Crippen LogP) is 3.25. The Morgan fingerprint density at radius 3 is 2.42 bits per heavy atom. The Bertz CT molecular complexity index is 929. The average Bonchev–Trinajstić information content (AvgIpc) is 2.95. The van der Waals surface area contributed by atoms with Gasteiger partial charge in [-0.2, -0.15) is 0 Å². The molecule has 0 bridgehead atoms. The maximum absolute atomic E-state index is 12.7. The number of primary amides is 1. The van der Waals surface area contributed by atoms with Crippen molar-refractivity contribution in [2.75, 3.05) is 22.7 Å². The zero-order valence-corrected chi connectivity index (χ0v) is 16.5. The zero-order valence-electron chi connectivity index (χ0n) is 14.9. The Balaban J connectivity index is 1.94. The SMILES string of the molecule is Cc1cc(S(=O)(=O)Nc2ccc(N3CCCCC3)cc2C(N)=O)c(C)s1. The van der Waals surface area contributed by atoms with E-state index in [2.05, 4.69) is 9.62 Å². The summed E-state index contributed by atoms with van der Waals surface area (Å²) in [5.41, 5.74) is 6.80. The highest BCUT2D eigenvalue weighted by Crippen LogP contribution is 2.30. The second kappa shape index (κ2) is 7.28. The van der Waals surface area contributed by atoms with E-state index < -0.39 is 15.9 Å². The fourth-order valence-corrected chi connectivity index (χ4v) is 5.88. The Hall–Kier alpha value is -2.06. The van der Waals surface area contributed by atoms with Crippen molar-refractivity contribution in [3.05, 3.63) is 39.6 Å². The van der Waals surface area contributed by atoms with Crippen LogP contribution in [-0.4, -0.2) is 27.4 Å². The Labute approximate surface area is 158 Å². The van der Waals surface area contributed by atoms with E-state index in [4.69, 9.17) is 5.73 Å². The van der Waals surface area contributed by atoms with E-state index in [1.165, 1.54) is 17.8 Å². The first-order chi connectivity index (χ1) is 12.3. The Kier molecular flexibility index (Phi) is 5.24. The molecule has 3 rings (SSSR count). The molecule has 2 heterocycles. The van der Waals surface area contributed by atoms with Crippen LogP contribution >= 0.6 is 11.3 Å². The van der Waals surface area contributed by atoms with Gasteiger partial charge in [0, 0.05) is 28.5 Å². The molecule has 1 fully saturated rings. The van der Waals surface area contributed by atoms with Crippen LogP contribution in [-0.2, 0) is 10.0 Å². The van der Waals surface area contributed by atoms with E-state index in [1.54, 1.807) is 25.1 Å². The minimum atomic E-state index is -3.78. The predicted molar refractivity (Wildman–Crippen MR) is 106 cm³/mol. The number of nitrogens with two attached hydrogens (primary N) is 1. The quantitative estimate of drug-likeness (QED) is 0.815. The minimum Gasteiger partial charge on any atom is -0.372 e. The summed E-state index contributed by atoms with van der Waals surface area (Å²) in [6.07, 6.45) is 3.42. The number of hydrogen-bond donors (Lipinski definition) is 2. The third-order valence-corrected chi connectivity index (χ3v) is 7.11. The molecule has 0 aliphatic carbocycles. The summed E-state index contributed by atoms with van der Waals surface area (Å²) in [6, 6.07) is 6.77. The lowest BCUT2D eigenvalue weighted by atomic mass is 10.1. The van der Waals surface area contributed by atoms with Crippen LogP contribution in [0.25, 0.3) is 0 Å². The molecule has 1 aliphatic heterocycles. The third-order valence-electron chi connectivity index (χ3n) is 4.52. The third kappa shape index (κ3) is 3.86. The molecule has 0 atom stereocenters. The molecule has 140 valence electrons. The van der Waals surface area contributed by atoms with Crippen molar-refractivity contribution >= 4 is 38.6 Å². The van der Waals surface area contributed by atoms with Gasteiger partial charge in [0.05, 0.1) is 11.3 Å². The number of rotatable bonds is 5. The van der Waals surface area contributed by atoms with Crippen molar-refractivity contribution in [2.45, 2.75) is 38.0 Å². The van der Waals surface area contributed by atoms with Gasteiger partial charge in [-0.3, -0.25) is 9.52 Å². The molecule has 3 N–H and O–H groups in total. The number of sulfonamides is 1. The molecule has 0 radical (unpaired) electrons. The van der Waals surface area contributed by atoms with Crippen LogP contribution in [0.15, 0.2) is 29.2 Å². The first-order valence-corrected chi connectivity index (χ1v) is 10.9. The van der Waals surface area contributed by atoms with Gasteiger partial charge in [0.25, 0.3) is 15.9 Å². The Morgan fingerprint density at radius 1 is 1.15 bits per heavy atom. The number of anilines is 2. The lowest BCUT2D eigenvalue weighted by molar-refractivity contribution is 0.100. The first kappa shape index (κ1) is 18.7. The van der Waals surface area contributed by atoms with Crippen molar-refractivity contribution in [2.24, 2.45) is 5.73 Å². The van der Waals surface area contributed by atoms with Crippen LogP contribution < -0.4 is 15.4 Å². The standard InChI is InChI=1S/C18H23N3O3S2/c1-12-10-17(13(2)25-12)26(23,24)20-16-7-6-14(11-15(16)18(19)22)21-8-4-3-5-9-21/h6-7,10-11,20H,3-5,8-9H2,1-2H3,(H2,19,22). The van der Waals surface area contributed by atoms with Gasteiger partial charge in [0.2, 0.25) is 0 Å². The van der Waals surface area contributed by atoms with Crippen LogP contribution in [0, 0.1) is 13.8 Å². The van der Waals surface area contributed by atoms with E-state index in [0.29, 0.717) is 4.88 Å². The van der Waals surface area contributed by atoms with Gasteiger partial charge in [-0.15, -0.1) is 11.3 Å². The highest BCUT2D eigenvalue weighted by atomic mass is 32.2. The molecule has 0 unspecified atom stereocenters. The Morgan fingerprint density at radius 2 is 1.85 bits per heavy atom. The average molecular weight is 394 g/mol. The fourth-order valence-electron chi connectivity index (χ4n) is 3.25. The number of carbonyl (C=O) groups is 1. The number of amides is 1. The number of piperidine rings is 1. The van der Waals surface area contributed by atoms with Gasteiger partial charge in [-0.25, -0.2) is 8.42 Å². The first-order valence-electron chi connectivity index (χ1n) is 8.56. The van der Waals surface area contributed by atoms with Gasteiger partial charge in [-0.1, -0.05) is 0 Å². The summed E-state index contributed by atoms with van der Waals surface area (Å²) in [6.45, 7) is 5.48. The maximum atomic E-state index is 12.7. The van der Waals surface area contributed by atoms with Crippen molar-refractivity contribution < 1.29 is 13.2 Å². The topological polar surface area (TPSA) is 92.5 Å². The summed E-state index contributed by atoms with van der Waals surface area (Å²) in [5, 5.41) is 0. The van der Waals surface area contributed by atoms with Crippen molar-refractivity contribution in [1.29, 1.82) is 0 Å². The molecule has 1 aliphatic rings. The minimum absolute atomic E-state index is 0.182. The van der Waals surface area contributed by atoms with Crippen LogP contribution in [0.3, 0.4) is 0 Å². The number of nitrogens with one attached hydrogen (secondary N) is 1. The normalized spacial score (nSPS) is 15.1. The molecule has 26 heavy (non-hydrogen) atoms. The number of nitrogens with zero attached hydrogens (tertiary/aromatic N) is 1. The summed E-state index contributed by atoms with van der Waals surface area (Å²) in [4.78, 5) is 16.0. The summed E-state index contributed by atoms with van der Waals surface area (Å²) < 4.78 is 28.0. The van der Waals surface area contributed by atoms with Crippen LogP contribution in [0.4, 0.5) is 11.4 Å². The smallest absolute Gasteiger partial charge is 0.263 e. The molecular weight excluding hydrogens is 370 g/mol. The lowest BCUT2D eigenvalue weighted by Gasteiger charge is -2.29. The molecule has 1 saturated heterocycles. The molecular formula is C18H23N3O3S2. The summed E-state index contributed by atoms with van der Waals surface area (Å²) >= 11 is 1.42. The van der Waals surface area contributed by atoms with Gasteiger partial charge >= 0.3 is 0 Å². The van der Waals surface area contributed by atoms with E-state index in [0.717, 1.165) is 36.5 Å². The number of aryl methyl sites for hydroxylation is 2. The van der Waals surface area contributed by atoms with Crippen LogP contribution in [0.2, 0.25) is 0 Å². The largest absolute Gasteiger partial charge is 0.372 e. The molecule has 8 heteroatoms. The van der Waals surface area contributed by atoms with Gasteiger partial charge in [0.15, 0.2) is 0 Å². The number of thiophene rings is 1.